The number of rotatable bonds is 5. The van der Waals surface area contributed by atoms with Gasteiger partial charge in [-0.3, -0.25) is 9.59 Å². The summed E-state index contributed by atoms with van der Waals surface area (Å²) in [5.41, 5.74) is 2.39. The lowest BCUT2D eigenvalue weighted by atomic mass is 9.95. The fourth-order valence-corrected chi connectivity index (χ4v) is 4.62. The topological polar surface area (TPSA) is 78.2 Å². The SMILES string of the molecule is Cn1c2ccccc2c2nc(OCC(=O)NC3CCCCC3)n(-c3ccccc3)c(=O)c21. The average Bonchev–Trinajstić information content (AvgIpc) is 3.11. The van der Waals surface area contributed by atoms with E-state index in [1.807, 2.05) is 66.2 Å². The van der Waals surface area contributed by atoms with E-state index in [2.05, 4.69) is 5.32 Å². The summed E-state index contributed by atoms with van der Waals surface area (Å²) < 4.78 is 9.17. The first-order valence-electron chi connectivity index (χ1n) is 11.1. The molecule has 1 saturated carbocycles. The van der Waals surface area contributed by atoms with Crippen molar-refractivity contribution in [3.8, 4) is 11.7 Å². The molecule has 0 saturated heterocycles. The number of carbonyl (C=O) groups is 1. The Morgan fingerprint density at radius 3 is 2.56 bits per heavy atom. The van der Waals surface area contributed by atoms with E-state index < -0.39 is 0 Å². The Morgan fingerprint density at radius 1 is 1.06 bits per heavy atom. The van der Waals surface area contributed by atoms with E-state index >= 15 is 0 Å². The molecule has 2 heterocycles. The van der Waals surface area contributed by atoms with Crippen LogP contribution in [0.25, 0.3) is 27.6 Å². The molecule has 7 heteroatoms. The largest absolute Gasteiger partial charge is 0.454 e. The summed E-state index contributed by atoms with van der Waals surface area (Å²) in [6.07, 6.45) is 5.50. The van der Waals surface area contributed by atoms with Crippen LogP contribution in [0.4, 0.5) is 0 Å². The molecule has 0 aliphatic heterocycles. The van der Waals surface area contributed by atoms with Gasteiger partial charge in [0, 0.05) is 18.5 Å². The van der Waals surface area contributed by atoms with Gasteiger partial charge in [0.25, 0.3) is 11.5 Å². The number of amides is 1. The van der Waals surface area contributed by atoms with Gasteiger partial charge in [0.1, 0.15) is 11.0 Å². The van der Waals surface area contributed by atoms with E-state index in [1.165, 1.54) is 11.0 Å². The van der Waals surface area contributed by atoms with E-state index in [-0.39, 0.29) is 30.1 Å². The zero-order valence-corrected chi connectivity index (χ0v) is 18.1. The molecule has 32 heavy (non-hydrogen) atoms. The number of para-hydroxylation sites is 2. The molecular formula is C25H26N4O3. The number of aryl methyl sites for hydroxylation is 1. The molecule has 1 N–H and O–H groups in total. The maximum atomic E-state index is 13.6. The number of hydrogen-bond donors (Lipinski definition) is 1. The van der Waals surface area contributed by atoms with E-state index in [9.17, 15) is 9.59 Å². The Hall–Kier alpha value is -3.61. The third-order valence-electron chi connectivity index (χ3n) is 6.20. The second-order valence-corrected chi connectivity index (χ2v) is 8.33. The molecule has 0 bridgehead atoms. The van der Waals surface area contributed by atoms with E-state index in [4.69, 9.17) is 9.72 Å². The lowest BCUT2D eigenvalue weighted by Crippen LogP contribution is -2.39. The molecular weight excluding hydrogens is 404 g/mol. The first-order valence-corrected chi connectivity index (χ1v) is 11.1. The number of hydrogen-bond acceptors (Lipinski definition) is 4. The summed E-state index contributed by atoms with van der Waals surface area (Å²) in [5, 5.41) is 3.92. The van der Waals surface area contributed by atoms with Crippen LogP contribution >= 0.6 is 0 Å². The monoisotopic (exact) mass is 430 g/mol. The highest BCUT2D eigenvalue weighted by Gasteiger charge is 2.21. The quantitative estimate of drug-likeness (QED) is 0.524. The molecule has 2 aromatic carbocycles. The first kappa shape index (κ1) is 20.3. The molecule has 1 aliphatic carbocycles. The van der Waals surface area contributed by atoms with Crippen molar-refractivity contribution in [3.63, 3.8) is 0 Å². The Balaban J connectivity index is 1.56. The average molecular weight is 431 g/mol. The summed E-state index contributed by atoms with van der Waals surface area (Å²) >= 11 is 0. The number of benzene rings is 2. The van der Waals surface area contributed by atoms with Gasteiger partial charge in [0.05, 0.1) is 11.2 Å². The number of ether oxygens (including phenoxy) is 1. The Kier molecular flexibility index (Phi) is 5.39. The molecule has 7 nitrogen and oxygen atoms in total. The lowest BCUT2D eigenvalue weighted by Gasteiger charge is -2.22. The van der Waals surface area contributed by atoms with Crippen LogP contribution in [0, 0.1) is 0 Å². The highest BCUT2D eigenvalue weighted by atomic mass is 16.5. The van der Waals surface area contributed by atoms with E-state index in [1.54, 1.807) is 0 Å². The molecule has 1 amide bonds. The van der Waals surface area contributed by atoms with E-state index in [0.717, 1.165) is 36.6 Å². The third kappa shape index (κ3) is 3.64. The predicted molar refractivity (Wildman–Crippen MR) is 124 cm³/mol. The number of aromatic nitrogens is 3. The van der Waals surface area contributed by atoms with Crippen molar-refractivity contribution < 1.29 is 9.53 Å². The second-order valence-electron chi connectivity index (χ2n) is 8.33. The molecule has 4 aromatic rings. The molecule has 0 unspecified atom stereocenters. The first-order chi connectivity index (χ1) is 15.6. The van der Waals surface area contributed by atoms with Crippen LogP contribution in [-0.2, 0) is 11.8 Å². The molecule has 0 spiro atoms. The predicted octanol–water partition coefficient (Wildman–Crippen LogP) is 3.71. The maximum absolute atomic E-state index is 13.6. The number of fused-ring (bicyclic) bond motifs is 3. The molecule has 5 rings (SSSR count). The summed E-state index contributed by atoms with van der Waals surface area (Å²) in [6, 6.07) is 17.3. The molecule has 0 atom stereocenters. The van der Waals surface area contributed by atoms with Crippen molar-refractivity contribution in [1.29, 1.82) is 0 Å². The van der Waals surface area contributed by atoms with Gasteiger partial charge in [-0.2, -0.15) is 4.98 Å². The fraction of sp³-hybridized carbons (Fsp3) is 0.320. The van der Waals surface area contributed by atoms with Crippen LogP contribution in [0.1, 0.15) is 32.1 Å². The maximum Gasteiger partial charge on any atom is 0.305 e. The normalized spacial score (nSPS) is 14.7. The highest BCUT2D eigenvalue weighted by Crippen LogP contribution is 2.27. The van der Waals surface area contributed by atoms with Gasteiger partial charge >= 0.3 is 6.01 Å². The van der Waals surface area contributed by atoms with Gasteiger partial charge in [-0.15, -0.1) is 0 Å². The van der Waals surface area contributed by atoms with Crippen molar-refractivity contribution in [2.24, 2.45) is 7.05 Å². The van der Waals surface area contributed by atoms with Crippen LogP contribution < -0.4 is 15.6 Å². The van der Waals surface area contributed by atoms with Gasteiger partial charge < -0.3 is 14.6 Å². The van der Waals surface area contributed by atoms with Crippen molar-refractivity contribution in [1.82, 2.24) is 19.4 Å². The Bertz CT molecular complexity index is 1330. The Morgan fingerprint density at radius 2 is 1.78 bits per heavy atom. The van der Waals surface area contributed by atoms with Crippen molar-refractivity contribution >= 4 is 27.8 Å². The zero-order valence-electron chi connectivity index (χ0n) is 18.1. The zero-order chi connectivity index (χ0) is 22.1. The Labute approximate surface area is 185 Å². The summed E-state index contributed by atoms with van der Waals surface area (Å²) in [6.45, 7) is -0.188. The second kappa shape index (κ2) is 8.49. The van der Waals surface area contributed by atoms with E-state index in [0.29, 0.717) is 16.7 Å². The van der Waals surface area contributed by atoms with Gasteiger partial charge in [-0.05, 0) is 31.0 Å². The molecule has 0 radical (unpaired) electrons. The molecule has 1 fully saturated rings. The molecule has 164 valence electrons. The minimum absolute atomic E-state index is 0.115. The fourth-order valence-electron chi connectivity index (χ4n) is 4.62. The molecule has 1 aliphatic rings. The summed E-state index contributed by atoms with van der Waals surface area (Å²) in [5.74, 6) is -0.191. The van der Waals surface area contributed by atoms with Gasteiger partial charge in [-0.25, -0.2) is 4.57 Å². The van der Waals surface area contributed by atoms with Crippen molar-refractivity contribution in [3.05, 3.63) is 65.0 Å². The van der Waals surface area contributed by atoms with Crippen molar-refractivity contribution in [2.75, 3.05) is 6.61 Å². The van der Waals surface area contributed by atoms with Crippen LogP contribution in [0.5, 0.6) is 6.01 Å². The van der Waals surface area contributed by atoms with Crippen LogP contribution in [-0.4, -0.2) is 32.7 Å². The standard InChI is InChI=1S/C25H26N4O3/c1-28-20-15-9-8-14-19(20)22-23(28)24(31)29(18-12-6-3-7-13-18)25(27-22)32-16-21(30)26-17-10-4-2-5-11-17/h3,6-9,12-15,17H,2,4-5,10-11,16H2,1H3,(H,26,30). The van der Waals surface area contributed by atoms with Crippen LogP contribution in [0.2, 0.25) is 0 Å². The minimum Gasteiger partial charge on any atom is -0.454 e. The van der Waals surface area contributed by atoms with Gasteiger partial charge in [0.2, 0.25) is 0 Å². The summed E-state index contributed by atoms with van der Waals surface area (Å²) in [4.78, 5) is 30.9. The van der Waals surface area contributed by atoms with Crippen LogP contribution in [0.15, 0.2) is 59.4 Å². The van der Waals surface area contributed by atoms with Crippen LogP contribution in [0.3, 0.4) is 0 Å². The number of nitrogens with one attached hydrogen (secondary N) is 1. The summed E-state index contributed by atoms with van der Waals surface area (Å²) in [7, 11) is 1.86. The smallest absolute Gasteiger partial charge is 0.305 e. The number of nitrogens with zero attached hydrogens (tertiary/aromatic N) is 3. The lowest BCUT2D eigenvalue weighted by molar-refractivity contribution is -0.124. The molecule has 2 aromatic heterocycles. The highest BCUT2D eigenvalue weighted by molar-refractivity contribution is 6.05. The van der Waals surface area contributed by atoms with Gasteiger partial charge in [-0.1, -0.05) is 55.7 Å². The number of carbonyl (C=O) groups excluding carboxylic acids is 1. The van der Waals surface area contributed by atoms with Gasteiger partial charge in [0.15, 0.2) is 6.61 Å². The minimum atomic E-state index is -0.234. The van der Waals surface area contributed by atoms with Crippen molar-refractivity contribution in [2.45, 2.75) is 38.1 Å². The third-order valence-corrected chi connectivity index (χ3v) is 6.20.